The van der Waals surface area contributed by atoms with Gasteiger partial charge in [0.2, 0.25) is 15.9 Å². The highest BCUT2D eigenvalue weighted by Crippen LogP contribution is 2.29. The zero-order valence-electron chi connectivity index (χ0n) is 18.1. The van der Waals surface area contributed by atoms with Gasteiger partial charge in [0.1, 0.15) is 0 Å². The van der Waals surface area contributed by atoms with Crippen LogP contribution in [0.5, 0.6) is 0 Å². The molecule has 0 fully saturated rings. The summed E-state index contributed by atoms with van der Waals surface area (Å²) in [6.45, 7) is 11.5. The van der Waals surface area contributed by atoms with Crippen molar-refractivity contribution in [1.82, 2.24) is 9.71 Å². The minimum Gasteiger partial charge on any atom is -0.326 e. The second-order valence-corrected chi connectivity index (χ2v) is 10.5. The van der Waals surface area contributed by atoms with E-state index in [0.717, 1.165) is 43.0 Å². The minimum absolute atomic E-state index is 0.0287. The molecule has 0 saturated heterocycles. The number of sulfonamides is 1. The number of fused-ring (bicyclic) bond motifs is 1. The lowest BCUT2D eigenvalue weighted by Crippen LogP contribution is -2.29. The van der Waals surface area contributed by atoms with Crippen LogP contribution in [0.25, 0.3) is 10.2 Å². The van der Waals surface area contributed by atoms with Gasteiger partial charge in [0.25, 0.3) is 0 Å². The van der Waals surface area contributed by atoms with Crippen molar-refractivity contribution in [3.05, 3.63) is 51.0 Å². The Hall–Kier alpha value is -2.29. The molecule has 2 aromatic carbocycles. The number of hydrogen-bond acceptors (Lipinski definition) is 5. The molecule has 1 amide bonds. The number of amides is 1. The van der Waals surface area contributed by atoms with Gasteiger partial charge >= 0.3 is 0 Å². The van der Waals surface area contributed by atoms with Crippen molar-refractivity contribution < 1.29 is 13.2 Å². The van der Waals surface area contributed by atoms with Crippen LogP contribution in [0.4, 0.5) is 5.69 Å². The molecule has 3 aromatic rings. The van der Waals surface area contributed by atoms with Gasteiger partial charge in [-0.15, -0.1) is 11.3 Å². The molecule has 8 heteroatoms. The Morgan fingerprint density at radius 2 is 1.57 bits per heavy atom. The van der Waals surface area contributed by atoms with E-state index in [2.05, 4.69) is 15.0 Å². The summed E-state index contributed by atoms with van der Waals surface area (Å²) in [7, 11) is -3.71. The van der Waals surface area contributed by atoms with E-state index in [1.807, 2.05) is 53.7 Å². The Labute approximate surface area is 181 Å². The quantitative estimate of drug-likeness (QED) is 0.587. The van der Waals surface area contributed by atoms with Crippen LogP contribution < -0.4 is 10.0 Å². The van der Waals surface area contributed by atoms with Gasteiger partial charge < -0.3 is 5.32 Å². The molecule has 0 radical (unpaired) electrons. The van der Waals surface area contributed by atoms with Gasteiger partial charge in [0.05, 0.1) is 20.1 Å². The summed E-state index contributed by atoms with van der Waals surface area (Å²) in [5.41, 5.74) is 6.14. The maximum Gasteiger partial charge on any atom is 0.241 e. The molecule has 0 aliphatic rings. The third kappa shape index (κ3) is 4.40. The summed E-state index contributed by atoms with van der Waals surface area (Å²) in [5.74, 6) is -0.247. The fraction of sp³-hybridized carbons (Fsp3) is 0.364. The van der Waals surface area contributed by atoms with Crippen LogP contribution in [0.1, 0.15) is 39.2 Å². The van der Waals surface area contributed by atoms with E-state index in [0.29, 0.717) is 10.6 Å². The zero-order chi connectivity index (χ0) is 22.2. The van der Waals surface area contributed by atoms with E-state index in [4.69, 9.17) is 0 Å². The zero-order valence-corrected chi connectivity index (χ0v) is 19.8. The monoisotopic (exact) mass is 445 g/mol. The number of nitrogens with zero attached hydrogens (tertiary/aromatic N) is 1. The molecule has 2 N–H and O–H groups in total. The van der Waals surface area contributed by atoms with Gasteiger partial charge in [-0.05, 0) is 87.6 Å². The fourth-order valence-electron chi connectivity index (χ4n) is 3.58. The first kappa shape index (κ1) is 22.4. The van der Waals surface area contributed by atoms with Gasteiger partial charge in [-0.2, -0.15) is 0 Å². The summed E-state index contributed by atoms with van der Waals surface area (Å²) in [4.78, 5) is 17.0. The Morgan fingerprint density at radius 3 is 2.20 bits per heavy atom. The van der Waals surface area contributed by atoms with Crippen LogP contribution in [-0.4, -0.2) is 25.9 Å². The first-order valence-corrected chi connectivity index (χ1v) is 12.0. The molecule has 1 heterocycles. The summed E-state index contributed by atoms with van der Waals surface area (Å²) in [5, 5.41) is 3.79. The summed E-state index contributed by atoms with van der Waals surface area (Å²) in [6.07, 6.45) is 0.0426. The normalized spacial score (nSPS) is 11.8. The van der Waals surface area contributed by atoms with Crippen LogP contribution in [-0.2, 0) is 14.8 Å². The number of rotatable bonds is 6. The number of benzene rings is 2. The lowest BCUT2D eigenvalue weighted by molar-refractivity contribution is -0.116. The number of thiazole rings is 1. The van der Waals surface area contributed by atoms with Crippen molar-refractivity contribution in [1.29, 1.82) is 0 Å². The average Bonchev–Trinajstić information content (AvgIpc) is 3.03. The fourth-order valence-corrected chi connectivity index (χ4v) is 6.07. The second kappa shape index (κ2) is 8.45. The third-order valence-corrected chi connectivity index (χ3v) is 8.29. The number of anilines is 1. The SMILES string of the molecule is Cc1nc2ccc(NC(=O)CCNS(=O)(=O)c3c(C)c(C)c(C)c(C)c3C)cc2s1. The second-order valence-electron chi connectivity index (χ2n) is 7.57. The molecular formula is C22H27N3O3S2. The van der Waals surface area contributed by atoms with Gasteiger partial charge in [-0.3, -0.25) is 4.79 Å². The molecule has 160 valence electrons. The minimum atomic E-state index is -3.71. The van der Waals surface area contributed by atoms with E-state index < -0.39 is 10.0 Å². The molecule has 0 aliphatic heterocycles. The number of aryl methyl sites for hydroxylation is 1. The highest BCUT2D eigenvalue weighted by molar-refractivity contribution is 7.89. The maximum absolute atomic E-state index is 12.9. The Kier molecular flexibility index (Phi) is 6.31. The van der Waals surface area contributed by atoms with Crippen molar-refractivity contribution in [3.8, 4) is 0 Å². The van der Waals surface area contributed by atoms with Crippen molar-refractivity contribution >= 4 is 43.2 Å². The molecule has 3 rings (SSSR count). The van der Waals surface area contributed by atoms with Gasteiger partial charge in [0, 0.05) is 18.7 Å². The molecule has 0 atom stereocenters. The molecule has 30 heavy (non-hydrogen) atoms. The Balaban J connectivity index is 1.67. The number of nitrogens with one attached hydrogen (secondary N) is 2. The van der Waals surface area contributed by atoms with Crippen LogP contribution >= 0.6 is 11.3 Å². The highest BCUT2D eigenvalue weighted by atomic mass is 32.2. The number of hydrogen-bond donors (Lipinski definition) is 2. The summed E-state index contributed by atoms with van der Waals surface area (Å²) in [6, 6.07) is 5.55. The highest BCUT2D eigenvalue weighted by Gasteiger charge is 2.23. The lowest BCUT2D eigenvalue weighted by Gasteiger charge is -2.19. The largest absolute Gasteiger partial charge is 0.326 e. The Morgan fingerprint density at radius 1 is 0.967 bits per heavy atom. The van der Waals surface area contributed by atoms with Crippen molar-refractivity contribution in [3.63, 3.8) is 0 Å². The van der Waals surface area contributed by atoms with Crippen molar-refractivity contribution in [2.75, 3.05) is 11.9 Å². The molecule has 0 aliphatic carbocycles. The van der Waals surface area contributed by atoms with Crippen molar-refractivity contribution in [2.45, 2.75) is 52.9 Å². The smallest absolute Gasteiger partial charge is 0.241 e. The molecule has 6 nitrogen and oxygen atoms in total. The predicted octanol–water partition coefficient (Wildman–Crippen LogP) is 4.45. The molecule has 1 aromatic heterocycles. The third-order valence-electron chi connectivity index (χ3n) is 5.62. The first-order valence-electron chi connectivity index (χ1n) is 9.75. The van der Waals surface area contributed by atoms with Crippen LogP contribution in [0, 0.1) is 41.5 Å². The summed E-state index contributed by atoms with van der Waals surface area (Å²) >= 11 is 1.56. The average molecular weight is 446 g/mol. The van der Waals surface area contributed by atoms with Crippen LogP contribution in [0.3, 0.4) is 0 Å². The first-order chi connectivity index (χ1) is 14.0. The Bertz CT molecular complexity index is 1220. The standard InChI is InChI=1S/C22H27N3O3S2/c1-12-13(2)15(4)22(16(5)14(12)3)30(27,28)23-10-9-21(26)25-18-7-8-19-20(11-18)29-17(6)24-19/h7-8,11,23H,9-10H2,1-6H3,(H,25,26). The molecule has 0 spiro atoms. The maximum atomic E-state index is 12.9. The van der Waals surface area contributed by atoms with E-state index in [-0.39, 0.29) is 18.9 Å². The van der Waals surface area contributed by atoms with E-state index in [1.165, 1.54) is 0 Å². The lowest BCUT2D eigenvalue weighted by atomic mass is 9.95. The summed E-state index contributed by atoms with van der Waals surface area (Å²) < 4.78 is 29.4. The van der Waals surface area contributed by atoms with E-state index in [1.54, 1.807) is 17.4 Å². The molecule has 0 saturated carbocycles. The van der Waals surface area contributed by atoms with Crippen LogP contribution in [0.15, 0.2) is 23.1 Å². The van der Waals surface area contributed by atoms with Crippen molar-refractivity contribution in [2.24, 2.45) is 0 Å². The van der Waals surface area contributed by atoms with Gasteiger partial charge in [-0.1, -0.05) is 0 Å². The van der Waals surface area contributed by atoms with Gasteiger partial charge in [-0.25, -0.2) is 18.1 Å². The van der Waals surface area contributed by atoms with Crippen LogP contribution in [0.2, 0.25) is 0 Å². The number of carbonyl (C=O) groups is 1. The topological polar surface area (TPSA) is 88.2 Å². The number of aromatic nitrogens is 1. The van der Waals surface area contributed by atoms with E-state index >= 15 is 0 Å². The molecule has 0 unspecified atom stereocenters. The molecular weight excluding hydrogens is 418 g/mol. The van der Waals surface area contributed by atoms with Gasteiger partial charge in [0.15, 0.2) is 0 Å². The van der Waals surface area contributed by atoms with E-state index in [9.17, 15) is 13.2 Å². The predicted molar refractivity (Wildman–Crippen MR) is 123 cm³/mol. The number of carbonyl (C=O) groups excluding carboxylic acids is 1. The molecule has 0 bridgehead atoms.